The van der Waals surface area contributed by atoms with Crippen molar-refractivity contribution in [1.29, 1.82) is 0 Å². The third-order valence-electron chi connectivity index (χ3n) is 3.84. The first-order valence-corrected chi connectivity index (χ1v) is 9.44. The van der Waals surface area contributed by atoms with Crippen LogP contribution in [0.3, 0.4) is 0 Å². The maximum Gasteiger partial charge on any atom is 0.408 e. The number of rotatable bonds is 8. The lowest BCUT2D eigenvalue weighted by Gasteiger charge is -2.26. The fourth-order valence-corrected chi connectivity index (χ4v) is 2.37. The predicted molar refractivity (Wildman–Crippen MR) is 110 cm³/mol. The number of alkyl carbamates (subject to hydrolysis) is 1. The van der Waals surface area contributed by atoms with Gasteiger partial charge in [-0.3, -0.25) is 14.4 Å². The lowest BCUT2D eigenvalue weighted by atomic mass is 10.0. The molecule has 29 heavy (non-hydrogen) atoms. The number of hydrogen-bond acceptors (Lipinski definition) is 6. The summed E-state index contributed by atoms with van der Waals surface area (Å²) in [7, 11) is 0. The highest BCUT2D eigenvalue weighted by Crippen LogP contribution is 2.11. The number of carbonyl (C=O) groups excluding carboxylic acids is 3. The van der Waals surface area contributed by atoms with Gasteiger partial charge < -0.3 is 20.7 Å². The van der Waals surface area contributed by atoms with Crippen LogP contribution in [0.1, 0.15) is 47.1 Å². The number of ether oxygens (including phenoxy) is 1. The van der Waals surface area contributed by atoms with Crippen molar-refractivity contribution in [2.75, 3.05) is 5.32 Å². The molecule has 0 fully saturated rings. The van der Waals surface area contributed by atoms with Crippen LogP contribution in [-0.4, -0.2) is 35.6 Å². The average molecular weight is 408 g/mol. The molecular weight excluding hydrogens is 376 g/mol. The highest BCUT2D eigenvalue weighted by atomic mass is 16.6. The highest BCUT2D eigenvalue weighted by molar-refractivity contribution is 5.98. The molecule has 1 rings (SSSR count). The molecule has 162 valence electrons. The number of benzene rings is 1. The first kappa shape index (κ1) is 24.4. The molecule has 3 amide bonds. The molecule has 9 nitrogen and oxygen atoms in total. The molecule has 0 saturated heterocycles. The number of nitrogens with two attached hydrogens (primary N) is 1. The first-order chi connectivity index (χ1) is 13.4. The van der Waals surface area contributed by atoms with E-state index in [0.717, 1.165) is 5.56 Å². The van der Waals surface area contributed by atoms with Gasteiger partial charge >= 0.3 is 6.09 Å². The molecule has 0 saturated carbocycles. The van der Waals surface area contributed by atoms with Gasteiger partial charge in [0.2, 0.25) is 11.8 Å². The summed E-state index contributed by atoms with van der Waals surface area (Å²) in [6.07, 6.45) is -0.690. The minimum atomic E-state index is -0.837. The smallest absolute Gasteiger partial charge is 0.408 e. The topological polar surface area (TPSA) is 132 Å². The van der Waals surface area contributed by atoms with Crippen molar-refractivity contribution in [2.24, 2.45) is 11.8 Å². The third kappa shape index (κ3) is 8.93. The summed E-state index contributed by atoms with van der Waals surface area (Å²) in [5.41, 5.74) is 0.755. The second kappa shape index (κ2) is 10.8. The van der Waals surface area contributed by atoms with Crippen LogP contribution in [0.4, 0.5) is 10.5 Å². The predicted octanol–water partition coefficient (Wildman–Crippen LogP) is 2.07. The van der Waals surface area contributed by atoms with E-state index in [-0.39, 0.29) is 18.4 Å². The van der Waals surface area contributed by atoms with Gasteiger partial charge in [0.15, 0.2) is 0 Å². The van der Waals surface area contributed by atoms with Gasteiger partial charge in [-0.2, -0.15) is 0 Å². The molecule has 0 aliphatic carbocycles. The molecular formula is C20H32N4O5. The number of amides is 3. The van der Waals surface area contributed by atoms with E-state index in [1.54, 1.807) is 65.8 Å². The Balaban J connectivity index is 2.66. The molecule has 0 heterocycles. The lowest BCUT2D eigenvalue weighted by molar-refractivity contribution is -0.128. The summed E-state index contributed by atoms with van der Waals surface area (Å²) in [5, 5.41) is 7.90. The first-order valence-electron chi connectivity index (χ1n) is 9.44. The fraction of sp³-hybridized carbons (Fsp3) is 0.550. The van der Waals surface area contributed by atoms with Crippen molar-refractivity contribution in [3.05, 3.63) is 29.8 Å². The van der Waals surface area contributed by atoms with Gasteiger partial charge in [0, 0.05) is 5.69 Å². The van der Waals surface area contributed by atoms with E-state index in [0.29, 0.717) is 5.69 Å². The van der Waals surface area contributed by atoms with Gasteiger partial charge in [0.1, 0.15) is 17.7 Å². The summed E-state index contributed by atoms with van der Waals surface area (Å²) in [4.78, 5) is 41.5. The third-order valence-corrected chi connectivity index (χ3v) is 3.84. The van der Waals surface area contributed by atoms with Gasteiger partial charge in [-0.25, -0.2) is 10.7 Å². The monoisotopic (exact) mass is 408 g/mol. The SMILES string of the molecule is CC(C)C(NC(=O)OC(C)(C)C)C(=O)N[C@H](C)C(=O)Nc1ccc(CON)cc1. The van der Waals surface area contributed by atoms with E-state index in [1.165, 1.54) is 0 Å². The van der Waals surface area contributed by atoms with Crippen LogP contribution in [0.5, 0.6) is 0 Å². The maximum atomic E-state index is 12.6. The van der Waals surface area contributed by atoms with E-state index in [4.69, 9.17) is 10.6 Å². The summed E-state index contributed by atoms with van der Waals surface area (Å²) < 4.78 is 5.20. The molecule has 1 unspecified atom stereocenters. The van der Waals surface area contributed by atoms with Gasteiger partial charge in [-0.05, 0) is 51.3 Å². The number of hydrogen-bond donors (Lipinski definition) is 4. The quantitative estimate of drug-likeness (QED) is 0.487. The van der Waals surface area contributed by atoms with Crippen molar-refractivity contribution < 1.29 is 24.0 Å². The van der Waals surface area contributed by atoms with Crippen LogP contribution in [0.2, 0.25) is 0 Å². The van der Waals surface area contributed by atoms with E-state index >= 15 is 0 Å². The van der Waals surface area contributed by atoms with Crippen LogP contribution in [0, 0.1) is 5.92 Å². The largest absolute Gasteiger partial charge is 0.444 e. The number of carbonyl (C=O) groups is 3. The zero-order chi connectivity index (χ0) is 22.2. The average Bonchev–Trinajstić information content (AvgIpc) is 2.59. The molecule has 5 N–H and O–H groups in total. The second-order valence-corrected chi connectivity index (χ2v) is 8.10. The Morgan fingerprint density at radius 3 is 2.07 bits per heavy atom. The molecule has 0 aromatic heterocycles. The summed E-state index contributed by atoms with van der Waals surface area (Å²) in [6, 6.07) is 5.31. The van der Waals surface area contributed by atoms with Crippen LogP contribution < -0.4 is 21.8 Å². The number of nitrogens with one attached hydrogen (secondary N) is 3. The summed E-state index contributed by atoms with van der Waals surface area (Å²) >= 11 is 0. The highest BCUT2D eigenvalue weighted by Gasteiger charge is 2.28. The molecule has 1 aromatic carbocycles. The molecule has 0 aliphatic heterocycles. The standard InChI is InChI=1S/C20H32N4O5/c1-12(2)16(24-19(27)29-20(4,5)6)18(26)22-13(3)17(25)23-15-9-7-14(8-10-15)11-28-21/h7-10,12-13,16H,11,21H2,1-6H3,(H,22,26)(H,23,25)(H,24,27)/t13-,16?/m1/s1. The van der Waals surface area contributed by atoms with E-state index < -0.39 is 29.7 Å². The maximum absolute atomic E-state index is 12.6. The second-order valence-electron chi connectivity index (χ2n) is 8.10. The zero-order valence-electron chi connectivity index (χ0n) is 17.9. The van der Waals surface area contributed by atoms with Crippen LogP contribution in [0.25, 0.3) is 0 Å². The van der Waals surface area contributed by atoms with Crippen LogP contribution in [-0.2, 0) is 25.8 Å². The Labute approximate surface area is 171 Å². The van der Waals surface area contributed by atoms with Crippen molar-refractivity contribution in [3.63, 3.8) is 0 Å². The summed E-state index contributed by atoms with van der Waals surface area (Å²) in [6.45, 7) is 10.6. The lowest BCUT2D eigenvalue weighted by Crippen LogP contribution is -2.54. The molecule has 0 radical (unpaired) electrons. The normalized spacial score (nSPS) is 13.4. The molecule has 0 aliphatic rings. The Hall–Kier alpha value is -2.65. The summed E-state index contributed by atoms with van der Waals surface area (Å²) in [5.74, 6) is 3.97. The Bertz CT molecular complexity index is 698. The van der Waals surface area contributed by atoms with Crippen LogP contribution in [0.15, 0.2) is 24.3 Å². The fourth-order valence-electron chi connectivity index (χ4n) is 2.37. The van der Waals surface area contributed by atoms with Gasteiger partial charge in [-0.1, -0.05) is 26.0 Å². The molecule has 9 heteroatoms. The van der Waals surface area contributed by atoms with E-state index in [2.05, 4.69) is 20.8 Å². The van der Waals surface area contributed by atoms with E-state index in [1.807, 2.05) is 0 Å². The van der Waals surface area contributed by atoms with Gasteiger partial charge in [0.05, 0.1) is 6.61 Å². The van der Waals surface area contributed by atoms with Crippen molar-refractivity contribution >= 4 is 23.6 Å². The zero-order valence-corrected chi connectivity index (χ0v) is 17.9. The minimum absolute atomic E-state index is 0.199. The van der Waals surface area contributed by atoms with E-state index in [9.17, 15) is 14.4 Å². The number of anilines is 1. The molecule has 1 aromatic rings. The van der Waals surface area contributed by atoms with Gasteiger partial charge in [-0.15, -0.1) is 0 Å². The Morgan fingerprint density at radius 1 is 1.00 bits per heavy atom. The van der Waals surface area contributed by atoms with Gasteiger partial charge in [0.25, 0.3) is 0 Å². The molecule has 2 atom stereocenters. The Morgan fingerprint density at radius 2 is 1.59 bits per heavy atom. The molecule has 0 spiro atoms. The van der Waals surface area contributed by atoms with Crippen molar-refractivity contribution in [3.8, 4) is 0 Å². The van der Waals surface area contributed by atoms with Crippen molar-refractivity contribution in [1.82, 2.24) is 10.6 Å². The Kier molecular flexibility index (Phi) is 9.06. The molecule has 0 bridgehead atoms. The van der Waals surface area contributed by atoms with Crippen molar-refractivity contribution in [2.45, 2.75) is 65.8 Å². The van der Waals surface area contributed by atoms with Crippen LogP contribution >= 0.6 is 0 Å². The minimum Gasteiger partial charge on any atom is -0.444 e.